The Kier molecular flexibility index (Phi) is 4.53. The molecule has 0 aliphatic carbocycles. The van der Waals surface area contributed by atoms with E-state index in [0.717, 1.165) is 45.8 Å². The third-order valence-corrected chi connectivity index (χ3v) is 4.79. The van der Waals surface area contributed by atoms with Gasteiger partial charge < -0.3 is 10.1 Å². The maximum atomic E-state index is 6.17. The van der Waals surface area contributed by atoms with Crippen LogP contribution in [-0.4, -0.2) is 13.7 Å². The van der Waals surface area contributed by atoms with Gasteiger partial charge in [0, 0.05) is 15.1 Å². The molecule has 0 radical (unpaired) electrons. The van der Waals surface area contributed by atoms with Crippen molar-refractivity contribution in [2.45, 2.75) is 18.9 Å². The molecule has 2 nitrogen and oxygen atoms in total. The monoisotopic (exact) mass is 365 g/mol. The zero-order valence-electron chi connectivity index (χ0n) is 11.8. The zero-order chi connectivity index (χ0) is 14.8. The van der Waals surface area contributed by atoms with Crippen molar-refractivity contribution < 1.29 is 4.74 Å². The number of hydrogen-bond donors (Lipinski definition) is 1. The van der Waals surface area contributed by atoms with Gasteiger partial charge in [0.15, 0.2) is 0 Å². The van der Waals surface area contributed by atoms with E-state index in [1.807, 2.05) is 25.2 Å². The molecule has 21 heavy (non-hydrogen) atoms. The molecule has 0 spiro atoms. The second-order valence-corrected chi connectivity index (χ2v) is 6.47. The molecule has 0 bridgehead atoms. The van der Waals surface area contributed by atoms with E-state index in [0.29, 0.717) is 0 Å². The third-order valence-electron chi connectivity index (χ3n) is 3.83. The summed E-state index contributed by atoms with van der Waals surface area (Å²) in [4.78, 5) is 0. The SMILES string of the molecule is CNC(c1cc(Cl)ccc1Br)c1cccc2c1OCCC2. The molecule has 110 valence electrons. The van der Waals surface area contributed by atoms with Gasteiger partial charge in [-0.05, 0) is 49.2 Å². The first-order valence-corrected chi connectivity index (χ1v) is 8.24. The number of hydrogen-bond acceptors (Lipinski definition) is 2. The molecule has 0 saturated carbocycles. The van der Waals surface area contributed by atoms with Crippen molar-refractivity contribution in [1.82, 2.24) is 5.32 Å². The van der Waals surface area contributed by atoms with Crippen molar-refractivity contribution in [3.8, 4) is 5.75 Å². The van der Waals surface area contributed by atoms with Crippen molar-refractivity contribution in [1.29, 1.82) is 0 Å². The molecule has 1 heterocycles. The second-order valence-electron chi connectivity index (χ2n) is 5.18. The molecule has 1 unspecified atom stereocenters. The van der Waals surface area contributed by atoms with Gasteiger partial charge in [0.25, 0.3) is 0 Å². The van der Waals surface area contributed by atoms with Gasteiger partial charge >= 0.3 is 0 Å². The summed E-state index contributed by atoms with van der Waals surface area (Å²) in [6.45, 7) is 0.789. The highest BCUT2D eigenvalue weighted by atomic mass is 79.9. The minimum atomic E-state index is 0.0473. The fraction of sp³-hybridized carbons (Fsp3) is 0.294. The quantitative estimate of drug-likeness (QED) is 0.847. The maximum absolute atomic E-state index is 6.17. The Bertz CT molecular complexity index is 659. The van der Waals surface area contributed by atoms with Gasteiger partial charge in [0.1, 0.15) is 5.75 Å². The van der Waals surface area contributed by atoms with Crippen LogP contribution in [0.3, 0.4) is 0 Å². The number of ether oxygens (including phenoxy) is 1. The summed E-state index contributed by atoms with van der Waals surface area (Å²) in [6.07, 6.45) is 2.16. The number of aryl methyl sites for hydroxylation is 1. The summed E-state index contributed by atoms with van der Waals surface area (Å²) in [7, 11) is 1.96. The van der Waals surface area contributed by atoms with Gasteiger partial charge in [-0.15, -0.1) is 0 Å². The topological polar surface area (TPSA) is 21.3 Å². The van der Waals surface area contributed by atoms with Gasteiger partial charge in [-0.3, -0.25) is 0 Å². The largest absolute Gasteiger partial charge is 0.493 e. The highest BCUT2D eigenvalue weighted by Crippen LogP contribution is 2.38. The van der Waals surface area contributed by atoms with Crippen molar-refractivity contribution in [3.63, 3.8) is 0 Å². The van der Waals surface area contributed by atoms with E-state index in [1.165, 1.54) is 5.56 Å². The van der Waals surface area contributed by atoms with Crippen LogP contribution in [0, 0.1) is 0 Å². The van der Waals surface area contributed by atoms with E-state index in [1.54, 1.807) is 0 Å². The predicted molar refractivity (Wildman–Crippen MR) is 90.3 cm³/mol. The van der Waals surface area contributed by atoms with Crippen LogP contribution in [0.15, 0.2) is 40.9 Å². The molecule has 0 amide bonds. The minimum absolute atomic E-state index is 0.0473. The van der Waals surface area contributed by atoms with Crippen LogP contribution >= 0.6 is 27.5 Å². The Morgan fingerprint density at radius 1 is 1.24 bits per heavy atom. The Labute approximate surface area is 138 Å². The Balaban J connectivity index is 2.10. The Morgan fingerprint density at radius 3 is 2.90 bits per heavy atom. The number of benzene rings is 2. The molecule has 1 aliphatic heterocycles. The lowest BCUT2D eigenvalue weighted by Crippen LogP contribution is -2.21. The fourth-order valence-corrected chi connectivity index (χ4v) is 3.51. The fourth-order valence-electron chi connectivity index (χ4n) is 2.86. The van der Waals surface area contributed by atoms with Crippen molar-refractivity contribution in [2.24, 2.45) is 0 Å². The van der Waals surface area contributed by atoms with E-state index in [2.05, 4.69) is 39.4 Å². The van der Waals surface area contributed by atoms with Gasteiger partial charge in [0.05, 0.1) is 12.6 Å². The number of halogens is 2. The molecule has 1 N–H and O–H groups in total. The Morgan fingerprint density at radius 2 is 2.10 bits per heavy atom. The average molecular weight is 367 g/mol. The van der Waals surface area contributed by atoms with Gasteiger partial charge in [0.2, 0.25) is 0 Å². The molecule has 0 saturated heterocycles. The third kappa shape index (κ3) is 2.96. The maximum Gasteiger partial charge on any atom is 0.127 e. The summed E-state index contributed by atoms with van der Waals surface area (Å²) >= 11 is 9.79. The van der Waals surface area contributed by atoms with E-state index in [-0.39, 0.29) is 6.04 Å². The number of para-hydroxylation sites is 1. The summed E-state index contributed by atoms with van der Waals surface area (Å²) in [5.41, 5.74) is 3.57. The van der Waals surface area contributed by atoms with Crippen LogP contribution in [0.1, 0.15) is 29.2 Å². The molecule has 2 aromatic carbocycles. The minimum Gasteiger partial charge on any atom is -0.493 e. The first-order chi connectivity index (χ1) is 10.2. The molecule has 0 fully saturated rings. The molecular formula is C17H17BrClNO. The molecular weight excluding hydrogens is 350 g/mol. The van der Waals surface area contributed by atoms with Gasteiger partial charge in [-0.1, -0.05) is 45.7 Å². The van der Waals surface area contributed by atoms with Crippen LogP contribution in [0.4, 0.5) is 0 Å². The van der Waals surface area contributed by atoms with Gasteiger partial charge in [-0.2, -0.15) is 0 Å². The molecule has 1 aliphatic rings. The van der Waals surface area contributed by atoms with Crippen LogP contribution < -0.4 is 10.1 Å². The predicted octanol–water partition coefficient (Wildman–Crippen LogP) is 4.74. The lowest BCUT2D eigenvalue weighted by molar-refractivity contribution is 0.283. The highest BCUT2D eigenvalue weighted by molar-refractivity contribution is 9.10. The van der Waals surface area contributed by atoms with Crippen LogP contribution in [-0.2, 0) is 6.42 Å². The summed E-state index contributed by atoms with van der Waals surface area (Å²) in [5.74, 6) is 1.02. The average Bonchev–Trinajstić information content (AvgIpc) is 2.51. The Hall–Kier alpha value is -1.03. The van der Waals surface area contributed by atoms with Crippen LogP contribution in [0.25, 0.3) is 0 Å². The lowest BCUT2D eigenvalue weighted by atomic mass is 9.94. The molecule has 2 aromatic rings. The van der Waals surface area contributed by atoms with Crippen molar-refractivity contribution in [3.05, 3.63) is 62.6 Å². The van der Waals surface area contributed by atoms with Crippen LogP contribution in [0.2, 0.25) is 5.02 Å². The number of fused-ring (bicyclic) bond motifs is 1. The molecule has 3 rings (SSSR count). The first-order valence-electron chi connectivity index (χ1n) is 7.07. The van der Waals surface area contributed by atoms with Crippen LogP contribution in [0.5, 0.6) is 5.75 Å². The molecule has 1 atom stereocenters. The summed E-state index contributed by atoms with van der Waals surface area (Å²) in [6, 6.07) is 12.3. The normalized spacial score (nSPS) is 15.2. The molecule has 0 aromatic heterocycles. The summed E-state index contributed by atoms with van der Waals surface area (Å²) in [5, 5.41) is 4.12. The highest BCUT2D eigenvalue weighted by Gasteiger charge is 2.22. The van der Waals surface area contributed by atoms with E-state index in [4.69, 9.17) is 16.3 Å². The standard InChI is InChI=1S/C17H17BrClNO/c1-20-16(14-10-12(19)7-8-15(14)18)13-6-2-4-11-5-3-9-21-17(11)13/h2,4,6-8,10,16,20H,3,5,9H2,1H3. The lowest BCUT2D eigenvalue weighted by Gasteiger charge is -2.26. The van der Waals surface area contributed by atoms with E-state index >= 15 is 0 Å². The number of nitrogens with one attached hydrogen (secondary N) is 1. The smallest absolute Gasteiger partial charge is 0.127 e. The first kappa shape index (κ1) is 14.9. The zero-order valence-corrected chi connectivity index (χ0v) is 14.2. The summed E-state index contributed by atoms with van der Waals surface area (Å²) < 4.78 is 6.98. The van der Waals surface area contributed by atoms with E-state index in [9.17, 15) is 0 Å². The number of rotatable bonds is 3. The van der Waals surface area contributed by atoms with Crippen molar-refractivity contribution >= 4 is 27.5 Å². The second kappa shape index (κ2) is 6.39. The van der Waals surface area contributed by atoms with Crippen molar-refractivity contribution in [2.75, 3.05) is 13.7 Å². The molecule has 4 heteroatoms. The van der Waals surface area contributed by atoms with Gasteiger partial charge in [-0.25, -0.2) is 0 Å². The van der Waals surface area contributed by atoms with E-state index < -0.39 is 0 Å².